The van der Waals surface area contributed by atoms with Crippen molar-refractivity contribution in [1.82, 2.24) is 14.8 Å². The molecule has 3 rings (SSSR count). The molecule has 0 unspecified atom stereocenters. The lowest BCUT2D eigenvalue weighted by Crippen LogP contribution is -2.52. The topological polar surface area (TPSA) is 93.7 Å². The van der Waals surface area contributed by atoms with E-state index in [1.807, 2.05) is 24.3 Å². The van der Waals surface area contributed by atoms with E-state index in [1.165, 1.54) is 4.90 Å². The van der Waals surface area contributed by atoms with E-state index in [1.54, 1.807) is 11.0 Å². The maximum Gasteiger partial charge on any atom is 0.394 e. The molecule has 1 aromatic carbocycles. The summed E-state index contributed by atoms with van der Waals surface area (Å²) in [5.41, 5.74) is 1.39. The summed E-state index contributed by atoms with van der Waals surface area (Å²) in [5, 5.41) is 9.65. The second kappa shape index (κ2) is 5.51. The number of benzene rings is 1. The minimum Gasteiger partial charge on any atom is -0.474 e. The van der Waals surface area contributed by atoms with Crippen molar-refractivity contribution in [2.75, 3.05) is 26.2 Å². The van der Waals surface area contributed by atoms with E-state index in [0.717, 1.165) is 10.9 Å². The van der Waals surface area contributed by atoms with Gasteiger partial charge in [-0.2, -0.15) is 0 Å². The summed E-state index contributed by atoms with van der Waals surface area (Å²) >= 11 is 0. The van der Waals surface area contributed by atoms with Crippen molar-refractivity contribution < 1.29 is 19.5 Å². The maximum absolute atomic E-state index is 12.5. The molecule has 7 nitrogen and oxygen atoms in total. The second-order valence-corrected chi connectivity index (χ2v) is 5.16. The van der Waals surface area contributed by atoms with E-state index in [9.17, 15) is 14.4 Å². The molecular formula is C15H15N3O4. The number of hydrogen-bond donors (Lipinski definition) is 2. The third-order valence-electron chi connectivity index (χ3n) is 3.80. The van der Waals surface area contributed by atoms with Gasteiger partial charge in [0.15, 0.2) is 0 Å². The van der Waals surface area contributed by atoms with Crippen molar-refractivity contribution >= 4 is 28.7 Å². The van der Waals surface area contributed by atoms with Gasteiger partial charge in [0.05, 0.1) is 0 Å². The zero-order valence-electron chi connectivity index (χ0n) is 11.8. The molecule has 1 aliphatic rings. The predicted molar refractivity (Wildman–Crippen MR) is 78.4 cm³/mol. The molecule has 0 radical (unpaired) electrons. The first-order valence-corrected chi connectivity index (χ1v) is 6.95. The predicted octanol–water partition coefficient (Wildman–Crippen LogP) is 0.537. The Morgan fingerprint density at radius 3 is 2.27 bits per heavy atom. The largest absolute Gasteiger partial charge is 0.474 e. The van der Waals surface area contributed by atoms with Crippen molar-refractivity contribution in [2.24, 2.45) is 0 Å². The number of aromatic amines is 1. The molecule has 114 valence electrons. The monoisotopic (exact) mass is 301 g/mol. The highest BCUT2D eigenvalue weighted by molar-refractivity contribution is 6.31. The molecule has 1 saturated heterocycles. The number of fused-ring (bicyclic) bond motifs is 1. The number of aliphatic carboxylic acids is 1. The third-order valence-corrected chi connectivity index (χ3v) is 3.80. The number of rotatable bonds is 1. The fraction of sp³-hybridized carbons (Fsp3) is 0.267. The number of aromatic nitrogens is 1. The molecule has 0 atom stereocenters. The van der Waals surface area contributed by atoms with Gasteiger partial charge in [0.2, 0.25) is 0 Å². The summed E-state index contributed by atoms with van der Waals surface area (Å²) < 4.78 is 0. The first kappa shape index (κ1) is 14.1. The van der Waals surface area contributed by atoms with Gasteiger partial charge < -0.3 is 19.9 Å². The van der Waals surface area contributed by atoms with Crippen LogP contribution in [0.5, 0.6) is 0 Å². The van der Waals surface area contributed by atoms with Crippen molar-refractivity contribution in [3.63, 3.8) is 0 Å². The van der Waals surface area contributed by atoms with Crippen molar-refractivity contribution in [3.8, 4) is 0 Å². The maximum atomic E-state index is 12.5. The molecule has 1 fully saturated rings. The number of H-pyrrole nitrogens is 1. The third kappa shape index (κ3) is 2.52. The van der Waals surface area contributed by atoms with E-state index < -0.39 is 11.9 Å². The van der Waals surface area contributed by atoms with Crippen LogP contribution < -0.4 is 0 Å². The second-order valence-electron chi connectivity index (χ2n) is 5.16. The molecule has 1 aliphatic heterocycles. The summed E-state index contributed by atoms with van der Waals surface area (Å²) in [7, 11) is 0. The van der Waals surface area contributed by atoms with E-state index in [4.69, 9.17) is 5.11 Å². The highest BCUT2D eigenvalue weighted by Crippen LogP contribution is 2.16. The minimum atomic E-state index is -1.46. The van der Waals surface area contributed by atoms with Crippen LogP contribution in [-0.4, -0.2) is 63.9 Å². The molecule has 2 amide bonds. The molecule has 2 N–H and O–H groups in total. The Labute approximate surface area is 126 Å². The number of piperazine rings is 1. The highest BCUT2D eigenvalue weighted by Gasteiger charge is 2.28. The minimum absolute atomic E-state index is 0.140. The Balaban J connectivity index is 1.69. The lowest BCUT2D eigenvalue weighted by Gasteiger charge is -2.33. The standard InChI is InChI=1S/C15H15N3O4/c19-13(12-9-10-3-1-2-4-11(10)16-12)17-5-7-18(8-6-17)14(20)15(21)22/h1-4,9,16H,5-8H2,(H,21,22). The van der Waals surface area contributed by atoms with Crippen molar-refractivity contribution in [1.29, 1.82) is 0 Å². The molecule has 2 heterocycles. The fourth-order valence-electron chi connectivity index (χ4n) is 2.61. The average molecular weight is 301 g/mol. The molecule has 0 saturated carbocycles. The number of carbonyl (C=O) groups excluding carboxylic acids is 2. The molecule has 2 aromatic rings. The summed E-state index contributed by atoms with van der Waals surface area (Å²) in [6.45, 7) is 1.12. The first-order valence-electron chi connectivity index (χ1n) is 6.95. The van der Waals surface area contributed by atoms with Crippen LogP contribution in [0.4, 0.5) is 0 Å². The number of nitrogens with zero attached hydrogens (tertiary/aromatic N) is 2. The van der Waals surface area contributed by atoms with E-state index in [0.29, 0.717) is 18.8 Å². The van der Waals surface area contributed by atoms with E-state index >= 15 is 0 Å². The van der Waals surface area contributed by atoms with E-state index in [2.05, 4.69) is 4.98 Å². The van der Waals surface area contributed by atoms with Gasteiger partial charge in [0.1, 0.15) is 5.69 Å². The number of nitrogens with one attached hydrogen (secondary N) is 1. The van der Waals surface area contributed by atoms with Crippen LogP contribution in [0.1, 0.15) is 10.5 Å². The Morgan fingerprint density at radius 2 is 1.64 bits per heavy atom. The zero-order chi connectivity index (χ0) is 15.7. The Morgan fingerprint density at radius 1 is 1.00 bits per heavy atom. The Hall–Kier alpha value is -2.83. The fourth-order valence-corrected chi connectivity index (χ4v) is 2.61. The molecule has 7 heteroatoms. The molecule has 1 aromatic heterocycles. The van der Waals surface area contributed by atoms with Gasteiger partial charge in [-0.3, -0.25) is 9.59 Å². The van der Waals surface area contributed by atoms with Crippen LogP contribution in [0, 0.1) is 0 Å². The molecular weight excluding hydrogens is 286 g/mol. The summed E-state index contributed by atoms with van der Waals surface area (Å²) in [6, 6.07) is 9.41. The van der Waals surface area contributed by atoms with Gasteiger partial charge >= 0.3 is 11.9 Å². The summed E-state index contributed by atoms with van der Waals surface area (Å²) in [6.07, 6.45) is 0. The zero-order valence-corrected chi connectivity index (χ0v) is 11.8. The van der Waals surface area contributed by atoms with Gasteiger partial charge in [-0.1, -0.05) is 18.2 Å². The quantitative estimate of drug-likeness (QED) is 0.752. The SMILES string of the molecule is O=C(O)C(=O)N1CCN(C(=O)c2cc3ccccc3[nH]2)CC1. The van der Waals surface area contributed by atoms with Gasteiger partial charge in [0.25, 0.3) is 5.91 Å². The number of carboxylic acid groups (broad SMARTS) is 1. The number of carbonyl (C=O) groups is 3. The number of hydrogen-bond acceptors (Lipinski definition) is 3. The normalized spacial score (nSPS) is 15.1. The molecule has 0 spiro atoms. The van der Waals surface area contributed by atoms with Crippen LogP contribution in [0.2, 0.25) is 0 Å². The summed E-state index contributed by atoms with van der Waals surface area (Å²) in [5.74, 6) is -2.52. The van der Waals surface area contributed by atoms with Gasteiger partial charge in [-0.05, 0) is 12.1 Å². The lowest BCUT2D eigenvalue weighted by molar-refractivity contribution is -0.156. The summed E-state index contributed by atoms with van der Waals surface area (Å²) in [4.78, 5) is 40.4. The van der Waals surface area contributed by atoms with Gasteiger partial charge in [-0.15, -0.1) is 0 Å². The van der Waals surface area contributed by atoms with Crippen molar-refractivity contribution in [2.45, 2.75) is 0 Å². The van der Waals surface area contributed by atoms with Gasteiger partial charge in [0, 0.05) is 37.1 Å². The number of carboxylic acids is 1. The molecule has 0 bridgehead atoms. The first-order chi connectivity index (χ1) is 10.6. The van der Waals surface area contributed by atoms with Crippen LogP contribution in [0.3, 0.4) is 0 Å². The van der Waals surface area contributed by atoms with Crippen LogP contribution in [-0.2, 0) is 9.59 Å². The Kier molecular flexibility index (Phi) is 3.54. The molecule has 22 heavy (non-hydrogen) atoms. The van der Waals surface area contributed by atoms with Crippen LogP contribution >= 0.6 is 0 Å². The van der Waals surface area contributed by atoms with E-state index in [-0.39, 0.29) is 19.0 Å². The number of para-hydroxylation sites is 1. The molecule has 0 aliphatic carbocycles. The lowest BCUT2D eigenvalue weighted by atomic mass is 10.2. The average Bonchev–Trinajstić information content (AvgIpc) is 2.97. The van der Waals surface area contributed by atoms with Gasteiger partial charge in [-0.25, -0.2) is 4.79 Å². The number of amides is 2. The highest BCUT2D eigenvalue weighted by atomic mass is 16.4. The van der Waals surface area contributed by atoms with Crippen LogP contribution in [0.25, 0.3) is 10.9 Å². The van der Waals surface area contributed by atoms with Crippen LogP contribution in [0.15, 0.2) is 30.3 Å². The Bertz CT molecular complexity index is 711. The van der Waals surface area contributed by atoms with Crippen molar-refractivity contribution in [3.05, 3.63) is 36.0 Å². The smallest absolute Gasteiger partial charge is 0.394 e.